The number of nitrogens with one attached hydrogen (secondary N) is 4. The van der Waals surface area contributed by atoms with Gasteiger partial charge in [-0.3, -0.25) is 19.2 Å². The van der Waals surface area contributed by atoms with Crippen LogP contribution in [-0.2, 0) is 36.8 Å². The first-order valence-corrected chi connectivity index (χ1v) is 14.4. The minimum atomic E-state index is -1.53. The Morgan fingerprint density at radius 1 is 1.07 bits per heavy atom. The molecule has 1 aliphatic heterocycles. The summed E-state index contributed by atoms with van der Waals surface area (Å²) in [7, 11) is 0. The van der Waals surface area contributed by atoms with Gasteiger partial charge in [0, 0.05) is 24.9 Å². The van der Waals surface area contributed by atoms with Gasteiger partial charge in [0.05, 0.1) is 19.0 Å². The molecule has 0 spiro atoms. The Balaban J connectivity index is 1.75. The van der Waals surface area contributed by atoms with E-state index in [1.807, 2.05) is 37.3 Å². The lowest BCUT2D eigenvalue weighted by Gasteiger charge is -2.31. The van der Waals surface area contributed by atoms with E-state index in [1.165, 1.54) is 17.4 Å². The number of carboxylic acids is 1. The molecule has 1 aromatic carbocycles. The molecule has 4 amide bonds. The molecule has 3 rings (SSSR count). The SMILES string of the molecule is CC[C@H](C)[C@H](NC(=O)[C@@H]1CCCN1C(=O)[C@H](Cc1cnc[nH]1)NC(=O)[C@@H](N)Cc1ccccc1)C(=O)N[C@@H](CO)C(=O)O. The molecule has 1 saturated heterocycles. The van der Waals surface area contributed by atoms with Crippen LogP contribution in [0, 0.1) is 5.92 Å². The molecule has 43 heavy (non-hydrogen) atoms. The Hall–Kier alpha value is -4.30. The van der Waals surface area contributed by atoms with E-state index in [-0.39, 0.29) is 25.3 Å². The van der Waals surface area contributed by atoms with Gasteiger partial charge in [0.2, 0.25) is 23.6 Å². The number of amides is 4. The van der Waals surface area contributed by atoms with Crippen molar-refractivity contribution in [2.75, 3.05) is 13.2 Å². The third-order valence-electron chi connectivity index (χ3n) is 7.66. The Labute approximate surface area is 249 Å². The maximum absolute atomic E-state index is 13.9. The van der Waals surface area contributed by atoms with Crippen LogP contribution >= 0.6 is 0 Å². The second-order valence-corrected chi connectivity index (χ2v) is 10.8. The molecule has 234 valence electrons. The van der Waals surface area contributed by atoms with Gasteiger partial charge in [-0.25, -0.2) is 9.78 Å². The molecule has 6 atom stereocenters. The highest BCUT2D eigenvalue weighted by atomic mass is 16.4. The van der Waals surface area contributed by atoms with Crippen molar-refractivity contribution in [3.63, 3.8) is 0 Å². The van der Waals surface area contributed by atoms with Gasteiger partial charge in [-0.15, -0.1) is 0 Å². The minimum absolute atomic E-state index is 0.0864. The fraction of sp³-hybridized carbons (Fsp3) is 0.517. The highest BCUT2D eigenvalue weighted by Crippen LogP contribution is 2.21. The lowest BCUT2D eigenvalue weighted by molar-refractivity contribution is -0.144. The number of aromatic amines is 1. The lowest BCUT2D eigenvalue weighted by atomic mass is 9.97. The van der Waals surface area contributed by atoms with Crippen LogP contribution in [0.1, 0.15) is 44.4 Å². The number of nitrogens with two attached hydrogens (primary N) is 1. The first kappa shape index (κ1) is 33.2. The van der Waals surface area contributed by atoms with Crippen LogP contribution in [0.4, 0.5) is 0 Å². The number of carboxylic acid groups (broad SMARTS) is 1. The minimum Gasteiger partial charge on any atom is -0.480 e. The Kier molecular flexibility index (Phi) is 12.2. The van der Waals surface area contributed by atoms with E-state index in [1.54, 1.807) is 6.92 Å². The van der Waals surface area contributed by atoms with Crippen molar-refractivity contribution in [1.82, 2.24) is 30.8 Å². The van der Waals surface area contributed by atoms with E-state index in [2.05, 4.69) is 25.9 Å². The number of hydrogen-bond donors (Lipinski definition) is 7. The van der Waals surface area contributed by atoms with E-state index in [4.69, 9.17) is 5.73 Å². The number of benzene rings is 1. The first-order valence-electron chi connectivity index (χ1n) is 14.4. The predicted molar refractivity (Wildman–Crippen MR) is 155 cm³/mol. The second kappa shape index (κ2) is 15.8. The molecule has 0 saturated carbocycles. The molecule has 8 N–H and O–H groups in total. The van der Waals surface area contributed by atoms with Crippen LogP contribution in [-0.4, -0.2) is 98.0 Å². The zero-order valence-electron chi connectivity index (χ0n) is 24.4. The average molecular weight is 600 g/mol. The lowest BCUT2D eigenvalue weighted by Crippen LogP contribution is -2.59. The van der Waals surface area contributed by atoms with Crippen LogP contribution in [0.5, 0.6) is 0 Å². The van der Waals surface area contributed by atoms with Crippen LogP contribution in [0.2, 0.25) is 0 Å². The molecular weight excluding hydrogens is 558 g/mol. The quantitative estimate of drug-likeness (QED) is 0.135. The zero-order chi connectivity index (χ0) is 31.5. The highest BCUT2D eigenvalue weighted by Gasteiger charge is 2.40. The third-order valence-corrected chi connectivity index (χ3v) is 7.66. The third kappa shape index (κ3) is 9.09. The molecule has 14 nitrogen and oxygen atoms in total. The van der Waals surface area contributed by atoms with Crippen molar-refractivity contribution in [1.29, 1.82) is 0 Å². The Bertz CT molecular complexity index is 1240. The number of aliphatic carboxylic acids is 1. The summed E-state index contributed by atoms with van der Waals surface area (Å²) in [6, 6.07) is 3.75. The molecule has 1 aliphatic rings. The molecule has 0 bridgehead atoms. The highest BCUT2D eigenvalue weighted by molar-refractivity contribution is 5.96. The second-order valence-electron chi connectivity index (χ2n) is 10.8. The number of imidazole rings is 1. The van der Waals surface area contributed by atoms with Gasteiger partial charge in [-0.2, -0.15) is 0 Å². The standard InChI is InChI=1S/C29H41N7O7/c1-3-17(2)24(27(40)34-22(15-37)29(42)43)35-26(39)23-10-7-11-36(23)28(41)21(13-19-14-31-16-32-19)33-25(38)20(30)12-18-8-5-4-6-9-18/h4-6,8-9,14,16-17,20-24,37H,3,7,10-13,15,30H2,1-2H3,(H,31,32)(H,33,38)(H,34,40)(H,35,39)(H,42,43)/t17-,20-,21-,22-,23-,24-/m0/s1. The number of hydrogen-bond acceptors (Lipinski definition) is 8. The Morgan fingerprint density at radius 3 is 2.37 bits per heavy atom. The summed E-state index contributed by atoms with van der Waals surface area (Å²) in [5, 5.41) is 26.2. The molecule has 2 heterocycles. The normalized spacial score (nSPS) is 18.1. The summed E-state index contributed by atoms with van der Waals surface area (Å²) in [6.45, 7) is 2.99. The number of carbonyl (C=O) groups excluding carboxylic acids is 4. The fourth-order valence-electron chi connectivity index (χ4n) is 4.96. The largest absolute Gasteiger partial charge is 0.480 e. The zero-order valence-corrected chi connectivity index (χ0v) is 24.4. The van der Waals surface area contributed by atoms with E-state index < -0.39 is 66.4 Å². The van der Waals surface area contributed by atoms with Gasteiger partial charge in [0.1, 0.15) is 24.2 Å². The number of aromatic nitrogens is 2. The van der Waals surface area contributed by atoms with Crippen molar-refractivity contribution in [2.24, 2.45) is 11.7 Å². The maximum Gasteiger partial charge on any atom is 0.328 e. The molecule has 1 aromatic heterocycles. The van der Waals surface area contributed by atoms with Crippen LogP contribution < -0.4 is 21.7 Å². The van der Waals surface area contributed by atoms with E-state index in [9.17, 15) is 34.2 Å². The Morgan fingerprint density at radius 2 is 1.77 bits per heavy atom. The number of aliphatic hydroxyl groups excluding tert-OH is 1. The van der Waals surface area contributed by atoms with Crippen LogP contribution in [0.25, 0.3) is 0 Å². The van der Waals surface area contributed by atoms with Gasteiger partial charge in [-0.1, -0.05) is 50.6 Å². The van der Waals surface area contributed by atoms with Gasteiger partial charge >= 0.3 is 5.97 Å². The smallest absolute Gasteiger partial charge is 0.328 e. The molecule has 0 radical (unpaired) electrons. The summed E-state index contributed by atoms with van der Waals surface area (Å²) in [6.07, 6.45) is 4.69. The van der Waals surface area contributed by atoms with Crippen LogP contribution in [0.15, 0.2) is 42.9 Å². The number of carbonyl (C=O) groups is 5. The molecular formula is C29H41N7O7. The predicted octanol–water partition coefficient (Wildman–Crippen LogP) is -0.909. The molecule has 1 fully saturated rings. The summed E-state index contributed by atoms with van der Waals surface area (Å²) in [5.41, 5.74) is 7.64. The van der Waals surface area contributed by atoms with E-state index in [0.29, 0.717) is 25.0 Å². The molecule has 0 unspecified atom stereocenters. The molecule has 2 aromatic rings. The monoisotopic (exact) mass is 599 g/mol. The summed E-state index contributed by atoms with van der Waals surface area (Å²) in [5.74, 6) is -4.12. The van der Waals surface area contributed by atoms with Gasteiger partial charge in [0.25, 0.3) is 0 Å². The number of rotatable bonds is 15. The number of nitrogens with zero attached hydrogens (tertiary/aromatic N) is 2. The maximum atomic E-state index is 13.9. The number of H-pyrrole nitrogens is 1. The van der Waals surface area contributed by atoms with Gasteiger partial charge in [-0.05, 0) is 30.7 Å². The van der Waals surface area contributed by atoms with Gasteiger partial charge < -0.3 is 41.8 Å². The topological polar surface area (TPSA) is 220 Å². The summed E-state index contributed by atoms with van der Waals surface area (Å²) in [4.78, 5) is 73.0. The molecule has 0 aliphatic carbocycles. The number of likely N-dealkylation sites (tertiary alicyclic amines) is 1. The van der Waals surface area contributed by atoms with Crippen molar-refractivity contribution < 1.29 is 34.2 Å². The average Bonchev–Trinajstić information content (AvgIpc) is 3.70. The van der Waals surface area contributed by atoms with Crippen molar-refractivity contribution >= 4 is 29.6 Å². The van der Waals surface area contributed by atoms with Crippen LogP contribution in [0.3, 0.4) is 0 Å². The number of aliphatic hydroxyl groups is 1. The van der Waals surface area contributed by atoms with E-state index >= 15 is 0 Å². The van der Waals surface area contributed by atoms with Crippen molar-refractivity contribution in [3.8, 4) is 0 Å². The first-order chi connectivity index (χ1) is 20.5. The fourth-order valence-corrected chi connectivity index (χ4v) is 4.96. The summed E-state index contributed by atoms with van der Waals surface area (Å²) < 4.78 is 0. The van der Waals surface area contributed by atoms with Crippen molar-refractivity contribution in [2.45, 2.75) is 76.2 Å². The van der Waals surface area contributed by atoms with Gasteiger partial charge in [0.15, 0.2) is 0 Å². The molecule has 14 heteroatoms. The van der Waals surface area contributed by atoms with E-state index in [0.717, 1.165) is 5.56 Å². The van der Waals surface area contributed by atoms with Crippen molar-refractivity contribution in [3.05, 3.63) is 54.1 Å². The summed E-state index contributed by atoms with van der Waals surface area (Å²) >= 11 is 0.